The molecule has 0 unspecified atom stereocenters. The molecule has 0 spiro atoms. The quantitative estimate of drug-likeness (QED) is 0.912. The van der Waals surface area contributed by atoms with Crippen molar-refractivity contribution in [1.29, 1.82) is 0 Å². The minimum atomic E-state index is -0.271. The largest absolute Gasteiger partial charge is 0.325 e. The molecular formula is C15H23FN2O. The van der Waals surface area contributed by atoms with Gasteiger partial charge in [-0.3, -0.25) is 4.79 Å². The van der Waals surface area contributed by atoms with Crippen molar-refractivity contribution >= 4 is 11.6 Å². The first-order valence-corrected chi connectivity index (χ1v) is 6.36. The highest BCUT2D eigenvalue weighted by Crippen LogP contribution is 2.30. The third kappa shape index (κ3) is 4.31. The van der Waals surface area contributed by atoms with E-state index in [-0.39, 0.29) is 23.7 Å². The maximum absolute atomic E-state index is 14.2. The van der Waals surface area contributed by atoms with Crippen LogP contribution in [0, 0.1) is 12.7 Å². The molecule has 1 aromatic carbocycles. The first-order valence-electron chi connectivity index (χ1n) is 6.36. The van der Waals surface area contributed by atoms with E-state index in [9.17, 15) is 9.18 Å². The second-order valence-electron chi connectivity index (χ2n) is 6.19. The highest BCUT2D eigenvalue weighted by atomic mass is 19.1. The van der Waals surface area contributed by atoms with E-state index in [1.807, 2.05) is 47.9 Å². The van der Waals surface area contributed by atoms with E-state index in [2.05, 4.69) is 5.32 Å². The zero-order valence-corrected chi connectivity index (χ0v) is 12.6. The Hall–Kier alpha value is -1.42. The van der Waals surface area contributed by atoms with Crippen LogP contribution in [-0.2, 0) is 10.2 Å². The molecule has 106 valence electrons. The van der Waals surface area contributed by atoms with Crippen molar-refractivity contribution in [3.8, 4) is 0 Å². The number of anilines is 1. The van der Waals surface area contributed by atoms with Gasteiger partial charge >= 0.3 is 0 Å². The summed E-state index contributed by atoms with van der Waals surface area (Å²) in [7, 11) is 3.63. The fourth-order valence-corrected chi connectivity index (χ4v) is 2.25. The van der Waals surface area contributed by atoms with E-state index < -0.39 is 0 Å². The SMILES string of the molecule is Cc1cc(NC(=O)CN(C)C)cc(F)c1C(C)(C)C. The van der Waals surface area contributed by atoms with Crippen LogP contribution >= 0.6 is 0 Å². The zero-order chi connectivity index (χ0) is 14.8. The first kappa shape index (κ1) is 15.6. The average molecular weight is 266 g/mol. The Bertz CT molecular complexity index is 453. The van der Waals surface area contributed by atoms with Crippen LogP contribution in [-0.4, -0.2) is 31.4 Å². The lowest BCUT2D eigenvalue weighted by Crippen LogP contribution is -2.27. The van der Waals surface area contributed by atoms with Crippen LogP contribution in [0.4, 0.5) is 10.1 Å². The van der Waals surface area contributed by atoms with Crippen molar-refractivity contribution in [2.24, 2.45) is 0 Å². The number of likely N-dealkylation sites (N-methyl/N-ethyl adjacent to an activating group) is 1. The summed E-state index contributed by atoms with van der Waals surface area (Å²) in [5.41, 5.74) is 1.81. The van der Waals surface area contributed by atoms with Gasteiger partial charge in [-0.15, -0.1) is 0 Å². The van der Waals surface area contributed by atoms with Crippen LogP contribution in [0.3, 0.4) is 0 Å². The standard InChI is InChI=1S/C15H23FN2O/c1-10-7-11(17-13(19)9-18(5)6)8-12(16)14(10)15(2,3)4/h7-8H,9H2,1-6H3,(H,17,19). The van der Waals surface area contributed by atoms with Gasteiger partial charge in [-0.2, -0.15) is 0 Å². The van der Waals surface area contributed by atoms with Crippen LogP contribution < -0.4 is 5.32 Å². The third-order valence-electron chi connectivity index (χ3n) is 2.78. The normalized spacial score (nSPS) is 11.8. The van der Waals surface area contributed by atoms with Crippen molar-refractivity contribution < 1.29 is 9.18 Å². The average Bonchev–Trinajstić information content (AvgIpc) is 2.10. The second kappa shape index (κ2) is 5.70. The van der Waals surface area contributed by atoms with Crippen molar-refractivity contribution in [2.45, 2.75) is 33.1 Å². The van der Waals surface area contributed by atoms with Crippen LogP contribution in [0.1, 0.15) is 31.9 Å². The number of aryl methyl sites for hydroxylation is 1. The molecule has 0 bridgehead atoms. The lowest BCUT2D eigenvalue weighted by Gasteiger charge is -2.23. The number of hydrogen-bond donors (Lipinski definition) is 1. The van der Waals surface area contributed by atoms with Crippen molar-refractivity contribution in [1.82, 2.24) is 4.90 Å². The summed E-state index contributed by atoms with van der Waals surface area (Å²) in [6.07, 6.45) is 0. The summed E-state index contributed by atoms with van der Waals surface area (Å²) in [6.45, 7) is 8.07. The number of carbonyl (C=O) groups is 1. The highest BCUT2D eigenvalue weighted by Gasteiger charge is 2.21. The molecule has 0 fully saturated rings. The van der Waals surface area contributed by atoms with Crippen LogP contribution in [0.5, 0.6) is 0 Å². The zero-order valence-electron chi connectivity index (χ0n) is 12.6. The van der Waals surface area contributed by atoms with Crippen LogP contribution in [0.15, 0.2) is 12.1 Å². The molecular weight excluding hydrogens is 243 g/mol. The van der Waals surface area contributed by atoms with Gasteiger partial charge in [-0.25, -0.2) is 4.39 Å². The molecule has 3 nitrogen and oxygen atoms in total. The smallest absolute Gasteiger partial charge is 0.238 e. The number of benzene rings is 1. The van der Waals surface area contributed by atoms with Crippen molar-refractivity contribution in [2.75, 3.05) is 26.0 Å². The fraction of sp³-hybridized carbons (Fsp3) is 0.533. The molecule has 1 rings (SSSR count). The van der Waals surface area contributed by atoms with Gasteiger partial charge in [-0.05, 0) is 49.7 Å². The third-order valence-corrected chi connectivity index (χ3v) is 2.78. The predicted octanol–water partition coefficient (Wildman–Crippen LogP) is 2.93. The molecule has 0 atom stereocenters. The van der Waals surface area contributed by atoms with E-state index in [0.29, 0.717) is 11.3 Å². The van der Waals surface area contributed by atoms with E-state index >= 15 is 0 Å². The monoisotopic (exact) mass is 266 g/mol. The minimum Gasteiger partial charge on any atom is -0.325 e. The number of amides is 1. The Morgan fingerprint density at radius 3 is 2.32 bits per heavy atom. The molecule has 4 heteroatoms. The van der Waals surface area contributed by atoms with Gasteiger partial charge in [0.15, 0.2) is 0 Å². The highest BCUT2D eigenvalue weighted by molar-refractivity contribution is 5.92. The maximum Gasteiger partial charge on any atom is 0.238 e. The first-order chi connectivity index (χ1) is 8.61. The number of halogens is 1. The van der Waals surface area contributed by atoms with Gasteiger partial charge < -0.3 is 10.2 Å². The molecule has 0 aliphatic carbocycles. The second-order valence-corrected chi connectivity index (χ2v) is 6.19. The lowest BCUT2D eigenvalue weighted by molar-refractivity contribution is -0.116. The molecule has 19 heavy (non-hydrogen) atoms. The van der Waals surface area contributed by atoms with Gasteiger partial charge in [0.1, 0.15) is 5.82 Å². The summed E-state index contributed by atoms with van der Waals surface area (Å²) in [5.74, 6) is -0.417. The van der Waals surface area contributed by atoms with Crippen molar-refractivity contribution in [3.63, 3.8) is 0 Å². The van der Waals surface area contributed by atoms with Gasteiger partial charge in [0.05, 0.1) is 6.54 Å². The summed E-state index contributed by atoms with van der Waals surface area (Å²) in [6, 6.07) is 3.21. The Balaban J connectivity index is 2.99. The molecule has 0 radical (unpaired) electrons. The van der Waals surface area contributed by atoms with Gasteiger partial charge in [0.25, 0.3) is 0 Å². The minimum absolute atomic E-state index is 0.146. The molecule has 1 amide bonds. The van der Waals surface area contributed by atoms with Gasteiger partial charge in [0.2, 0.25) is 5.91 Å². The van der Waals surface area contributed by atoms with E-state index in [1.165, 1.54) is 6.07 Å². The Morgan fingerprint density at radius 1 is 1.32 bits per heavy atom. The Labute approximate surface area is 114 Å². The molecule has 1 N–H and O–H groups in total. The van der Waals surface area contributed by atoms with E-state index in [0.717, 1.165) is 5.56 Å². The Kier molecular flexibility index (Phi) is 4.69. The van der Waals surface area contributed by atoms with Crippen LogP contribution in [0.25, 0.3) is 0 Å². The number of rotatable bonds is 3. The topological polar surface area (TPSA) is 32.3 Å². The molecule has 0 saturated carbocycles. The van der Waals surface area contributed by atoms with E-state index in [1.54, 1.807) is 4.90 Å². The number of hydrogen-bond acceptors (Lipinski definition) is 2. The molecule has 0 heterocycles. The molecule has 0 aromatic heterocycles. The molecule has 0 saturated heterocycles. The van der Waals surface area contributed by atoms with Gasteiger partial charge in [-0.1, -0.05) is 20.8 Å². The molecule has 0 aliphatic heterocycles. The summed E-state index contributed by atoms with van der Waals surface area (Å²) in [5, 5.41) is 2.71. The van der Waals surface area contributed by atoms with E-state index in [4.69, 9.17) is 0 Å². The van der Waals surface area contributed by atoms with Gasteiger partial charge in [0, 0.05) is 5.69 Å². The summed E-state index contributed by atoms with van der Waals surface area (Å²) in [4.78, 5) is 13.4. The maximum atomic E-state index is 14.2. The summed E-state index contributed by atoms with van der Waals surface area (Å²) < 4.78 is 14.2. The van der Waals surface area contributed by atoms with Crippen LogP contribution in [0.2, 0.25) is 0 Å². The number of nitrogens with zero attached hydrogens (tertiary/aromatic N) is 1. The summed E-state index contributed by atoms with van der Waals surface area (Å²) >= 11 is 0. The number of nitrogens with one attached hydrogen (secondary N) is 1. The molecule has 0 aliphatic rings. The number of carbonyl (C=O) groups excluding carboxylic acids is 1. The molecule has 1 aromatic rings. The lowest BCUT2D eigenvalue weighted by atomic mass is 9.83. The predicted molar refractivity (Wildman–Crippen MR) is 77.0 cm³/mol. The van der Waals surface area contributed by atoms with Crippen molar-refractivity contribution in [3.05, 3.63) is 29.1 Å². The fourth-order valence-electron chi connectivity index (χ4n) is 2.25. The Morgan fingerprint density at radius 2 is 1.89 bits per heavy atom.